The fourth-order valence-corrected chi connectivity index (χ4v) is 1.91. The highest BCUT2D eigenvalue weighted by atomic mass is 32.1. The smallest absolute Gasteiger partial charge is 0.0901 e. The average Bonchev–Trinajstić information content (AvgIpc) is 2.71. The van der Waals surface area contributed by atoms with E-state index in [9.17, 15) is 0 Å². The molecule has 0 amide bonds. The summed E-state index contributed by atoms with van der Waals surface area (Å²) in [5.74, 6) is 0.915. The first-order chi connectivity index (χ1) is 5.65. The number of hydrogen-bond donors (Lipinski definition) is 1. The summed E-state index contributed by atoms with van der Waals surface area (Å²) in [4.78, 5) is 2.93. The van der Waals surface area contributed by atoms with Gasteiger partial charge < -0.3 is 5.73 Å². The van der Waals surface area contributed by atoms with Gasteiger partial charge in [-0.25, -0.2) is 0 Å². The van der Waals surface area contributed by atoms with Crippen LogP contribution in [-0.2, 0) is 0 Å². The number of nitrogens with zero attached hydrogens (tertiary/aromatic N) is 1. The van der Waals surface area contributed by atoms with Crippen molar-refractivity contribution >= 4 is 17.2 Å². The molecule has 1 fully saturated rings. The third-order valence-electron chi connectivity index (χ3n) is 2.49. The minimum Gasteiger partial charge on any atom is -0.392 e. The predicted molar refractivity (Wildman–Crippen MR) is 56.2 cm³/mol. The van der Waals surface area contributed by atoms with Gasteiger partial charge in [-0.15, -0.1) is 0 Å². The van der Waals surface area contributed by atoms with Crippen molar-refractivity contribution in [3.63, 3.8) is 0 Å². The fourth-order valence-electron chi connectivity index (χ4n) is 1.57. The quantitative estimate of drug-likeness (QED) is 0.658. The molecule has 0 aliphatic heterocycles. The first kappa shape index (κ1) is 9.93. The lowest BCUT2D eigenvalue weighted by Gasteiger charge is -2.25. The molecule has 0 saturated heterocycles. The van der Waals surface area contributed by atoms with Crippen molar-refractivity contribution in [3.05, 3.63) is 0 Å². The highest BCUT2D eigenvalue weighted by molar-refractivity contribution is 7.80. The average molecular weight is 186 g/mol. The highest BCUT2D eigenvalue weighted by Crippen LogP contribution is 2.29. The maximum absolute atomic E-state index is 5.63. The van der Waals surface area contributed by atoms with Crippen molar-refractivity contribution < 1.29 is 0 Å². The Morgan fingerprint density at radius 2 is 2.25 bits per heavy atom. The van der Waals surface area contributed by atoms with Crippen molar-refractivity contribution in [2.45, 2.75) is 32.2 Å². The van der Waals surface area contributed by atoms with Gasteiger partial charge in [-0.1, -0.05) is 19.1 Å². The topological polar surface area (TPSA) is 29.3 Å². The lowest BCUT2D eigenvalue weighted by Crippen LogP contribution is -2.41. The number of hydrogen-bond acceptors (Lipinski definition) is 2. The zero-order valence-electron chi connectivity index (χ0n) is 7.92. The molecule has 0 aromatic rings. The summed E-state index contributed by atoms with van der Waals surface area (Å²) in [5, 5.41) is 0. The summed E-state index contributed by atoms with van der Waals surface area (Å²) in [6.07, 6.45) is 3.80. The molecule has 2 nitrogen and oxygen atoms in total. The van der Waals surface area contributed by atoms with Crippen molar-refractivity contribution in [2.24, 2.45) is 11.7 Å². The van der Waals surface area contributed by atoms with Crippen LogP contribution in [0.5, 0.6) is 0 Å². The molecule has 70 valence electrons. The van der Waals surface area contributed by atoms with Gasteiger partial charge in [0.25, 0.3) is 0 Å². The zero-order valence-corrected chi connectivity index (χ0v) is 8.73. The summed E-state index contributed by atoms with van der Waals surface area (Å²) in [6, 6.07) is 0.306. The van der Waals surface area contributed by atoms with E-state index in [2.05, 4.69) is 18.9 Å². The van der Waals surface area contributed by atoms with E-state index in [4.69, 9.17) is 18.0 Å². The first-order valence-electron chi connectivity index (χ1n) is 4.64. The fraction of sp³-hybridized carbons (Fsp3) is 0.889. The van der Waals surface area contributed by atoms with E-state index in [0.29, 0.717) is 11.0 Å². The Balaban J connectivity index is 2.34. The van der Waals surface area contributed by atoms with Gasteiger partial charge in [-0.2, -0.15) is 0 Å². The third-order valence-corrected chi connectivity index (χ3v) is 2.76. The van der Waals surface area contributed by atoms with E-state index < -0.39 is 0 Å². The van der Waals surface area contributed by atoms with Crippen LogP contribution in [0.2, 0.25) is 0 Å². The minimum absolute atomic E-state index is 0.306. The summed E-state index contributed by atoms with van der Waals surface area (Å²) >= 11 is 5.00. The van der Waals surface area contributed by atoms with E-state index in [-0.39, 0.29) is 0 Å². The molecule has 1 atom stereocenters. The number of rotatable bonds is 5. The molecule has 0 aromatic carbocycles. The molecule has 1 unspecified atom stereocenters. The summed E-state index contributed by atoms with van der Waals surface area (Å²) in [6.45, 7) is 3.29. The highest BCUT2D eigenvalue weighted by Gasteiger charge is 2.26. The van der Waals surface area contributed by atoms with Crippen LogP contribution in [0, 0.1) is 5.92 Å². The largest absolute Gasteiger partial charge is 0.392 e. The van der Waals surface area contributed by atoms with Crippen LogP contribution in [0.1, 0.15) is 26.2 Å². The molecule has 0 bridgehead atoms. The molecule has 0 radical (unpaired) electrons. The van der Waals surface area contributed by atoms with Crippen molar-refractivity contribution in [3.8, 4) is 0 Å². The van der Waals surface area contributed by atoms with Crippen LogP contribution in [0.15, 0.2) is 0 Å². The number of nitrogens with two attached hydrogens (primary N) is 1. The molecule has 0 heterocycles. The molecule has 12 heavy (non-hydrogen) atoms. The maximum atomic E-state index is 5.63. The van der Waals surface area contributed by atoms with Crippen LogP contribution in [-0.4, -0.2) is 29.5 Å². The number of thiocarbonyl (C=S) groups is 1. The standard InChI is InChI=1S/C9H18N2S/c1-3-8(9(10)12)11(2)6-7-4-5-7/h7-8H,3-6H2,1-2H3,(H2,10,12). The van der Waals surface area contributed by atoms with Gasteiger partial charge in [0.15, 0.2) is 0 Å². The Kier molecular flexibility index (Phi) is 3.47. The molecular formula is C9H18N2S. The van der Waals surface area contributed by atoms with Gasteiger partial charge in [-0.05, 0) is 32.2 Å². The summed E-state index contributed by atoms with van der Waals surface area (Å²) < 4.78 is 0. The van der Waals surface area contributed by atoms with E-state index >= 15 is 0 Å². The molecule has 1 rings (SSSR count). The molecule has 0 aromatic heterocycles. The van der Waals surface area contributed by atoms with Crippen LogP contribution < -0.4 is 5.73 Å². The van der Waals surface area contributed by atoms with E-state index in [0.717, 1.165) is 18.9 Å². The lowest BCUT2D eigenvalue weighted by molar-refractivity contribution is 0.280. The Labute approximate surface area is 80.1 Å². The Bertz CT molecular complexity index is 166. The molecule has 0 spiro atoms. The van der Waals surface area contributed by atoms with Crippen molar-refractivity contribution in [2.75, 3.05) is 13.6 Å². The minimum atomic E-state index is 0.306. The van der Waals surface area contributed by atoms with Gasteiger partial charge in [0.2, 0.25) is 0 Å². The van der Waals surface area contributed by atoms with Gasteiger partial charge in [0, 0.05) is 6.54 Å². The Morgan fingerprint density at radius 3 is 2.58 bits per heavy atom. The maximum Gasteiger partial charge on any atom is 0.0901 e. The van der Waals surface area contributed by atoms with Crippen LogP contribution in [0.25, 0.3) is 0 Å². The summed E-state index contributed by atoms with van der Waals surface area (Å²) in [5.41, 5.74) is 5.63. The second kappa shape index (κ2) is 4.19. The van der Waals surface area contributed by atoms with E-state index in [1.807, 2.05) is 0 Å². The molecule has 2 N–H and O–H groups in total. The van der Waals surface area contributed by atoms with Gasteiger partial charge in [0.1, 0.15) is 0 Å². The van der Waals surface area contributed by atoms with E-state index in [1.54, 1.807) is 0 Å². The van der Waals surface area contributed by atoms with Crippen molar-refractivity contribution in [1.82, 2.24) is 4.90 Å². The van der Waals surface area contributed by atoms with Gasteiger partial charge in [0.05, 0.1) is 11.0 Å². The molecule has 1 aliphatic rings. The van der Waals surface area contributed by atoms with Crippen molar-refractivity contribution in [1.29, 1.82) is 0 Å². The zero-order chi connectivity index (χ0) is 9.14. The molecule has 1 saturated carbocycles. The second-order valence-corrected chi connectivity index (χ2v) is 4.18. The molecular weight excluding hydrogens is 168 g/mol. The Hall–Kier alpha value is -0.150. The van der Waals surface area contributed by atoms with Gasteiger partial charge >= 0.3 is 0 Å². The third kappa shape index (κ3) is 2.72. The lowest BCUT2D eigenvalue weighted by atomic mass is 10.2. The normalized spacial score (nSPS) is 19.6. The van der Waals surface area contributed by atoms with Crippen LogP contribution in [0.3, 0.4) is 0 Å². The SMILES string of the molecule is CCC(C(N)=S)N(C)CC1CC1. The first-order valence-corrected chi connectivity index (χ1v) is 5.05. The molecule has 1 aliphatic carbocycles. The van der Waals surface area contributed by atoms with E-state index in [1.165, 1.54) is 12.8 Å². The number of likely N-dealkylation sites (N-methyl/N-ethyl adjacent to an activating group) is 1. The molecule has 3 heteroatoms. The van der Waals surface area contributed by atoms with Crippen LogP contribution >= 0.6 is 12.2 Å². The summed E-state index contributed by atoms with van der Waals surface area (Å²) in [7, 11) is 2.12. The Morgan fingerprint density at radius 1 is 1.67 bits per heavy atom. The predicted octanol–water partition coefficient (Wildman–Crippen LogP) is 1.39. The van der Waals surface area contributed by atoms with Gasteiger partial charge in [-0.3, -0.25) is 4.90 Å². The second-order valence-electron chi connectivity index (χ2n) is 3.71. The monoisotopic (exact) mass is 186 g/mol. The van der Waals surface area contributed by atoms with Crippen LogP contribution in [0.4, 0.5) is 0 Å².